The van der Waals surface area contributed by atoms with Crippen molar-refractivity contribution in [3.8, 4) is 5.75 Å². The van der Waals surface area contributed by atoms with Gasteiger partial charge < -0.3 is 10.1 Å². The van der Waals surface area contributed by atoms with Gasteiger partial charge in [0.05, 0.1) is 16.3 Å². The maximum Gasteiger partial charge on any atom is 0.329 e. The maximum atomic E-state index is 12.0. The molecule has 0 radical (unpaired) electrons. The Balaban J connectivity index is 1.57. The van der Waals surface area contributed by atoms with Crippen molar-refractivity contribution >= 4 is 64.4 Å². The number of carbonyl (C=O) groups is 2. The van der Waals surface area contributed by atoms with E-state index in [1.165, 1.54) is 6.21 Å². The van der Waals surface area contributed by atoms with Crippen LogP contribution in [0.3, 0.4) is 0 Å². The lowest BCUT2D eigenvalue weighted by molar-refractivity contribution is -0.139. The maximum absolute atomic E-state index is 12.0. The first-order chi connectivity index (χ1) is 15.8. The van der Waals surface area contributed by atoms with Crippen LogP contribution in [0.4, 0.5) is 0 Å². The molecule has 0 heterocycles. The van der Waals surface area contributed by atoms with Gasteiger partial charge in [-0.15, -0.1) is 0 Å². The first kappa shape index (κ1) is 24.9. The number of amides is 2. The van der Waals surface area contributed by atoms with Crippen molar-refractivity contribution in [1.29, 1.82) is 0 Å². The summed E-state index contributed by atoms with van der Waals surface area (Å²) in [7, 11) is 0. The van der Waals surface area contributed by atoms with Gasteiger partial charge in [0.2, 0.25) is 0 Å². The standard InChI is InChI=1S/C23H17Cl4N3O3/c24-17-4-1-14(2-5-17)11-28-22(31)23(32)30-29-12-16-10-18(25)6-8-21(16)33-13-15-3-7-19(26)20(27)9-15/h1-10,12H,11,13H2,(H,28,31)(H,30,32)/b29-12-. The van der Waals surface area contributed by atoms with Crippen LogP contribution in [0.25, 0.3) is 0 Å². The highest BCUT2D eigenvalue weighted by Gasteiger charge is 2.12. The molecule has 33 heavy (non-hydrogen) atoms. The number of nitrogens with zero attached hydrogens (tertiary/aromatic N) is 1. The number of nitrogens with one attached hydrogen (secondary N) is 2. The number of carbonyl (C=O) groups excluding carboxylic acids is 2. The van der Waals surface area contributed by atoms with Gasteiger partial charge in [0.25, 0.3) is 0 Å². The van der Waals surface area contributed by atoms with Crippen LogP contribution in [0, 0.1) is 0 Å². The third-order valence-corrected chi connectivity index (χ3v) is 5.52. The largest absolute Gasteiger partial charge is 0.488 e. The van der Waals surface area contributed by atoms with Crippen molar-refractivity contribution in [3.63, 3.8) is 0 Å². The zero-order chi connectivity index (χ0) is 23.8. The number of rotatable bonds is 7. The van der Waals surface area contributed by atoms with E-state index >= 15 is 0 Å². The van der Waals surface area contributed by atoms with Crippen LogP contribution in [0.2, 0.25) is 20.1 Å². The highest BCUT2D eigenvalue weighted by Crippen LogP contribution is 2.25. The molecule has 0 aromatic heterocycles. The monoisotopic (exact) mass is 523 g/mol. The molecule has 0 aliphatic rings. The fraction of sp³-hybridized carbons (Fsp3) is 0.0870. The Hall–Kier alpha value is -2.77. The lowest BCUT2D eigenvalue weighted by Gasteiger charge is -2.10. The van der Waals surface area contributed by atoms with E-state index in [0.29, 0.717) is 31.4 Å². The van der Waals surface area contributed by atoms with E-state index in [1.54, 1.807) is 60.7 Å². The molecule has 0 atom stereocenters. The van der Waals surface area contributed by atoms with Crippen molar-refractivity contribution < 1.29 is 14.3 Å². The molecule has 0 aliphatic carbocycles. The normalized spacial score (nSPS) is 10.8. The summed E-state index contributed by atoms with van der Waals surface area (Å²) in [6, 6.07) is 17.0. The predicted molar refractivity (Wildman–Crippen MR) is 131 cm³/mol. The highest BCUT2D eigenvalue weighted by atomic mass is 35.5. The van der Waals surface area contributed by atoms with Gasteiger partial charge in [-0.25, -0.2) is 5.43 Å². The van der Waals surface area contributed by atoms with Crippen LogP contribution in [-0.4, -0.2) is 18.0 Å². The lowest BCUT2D eigenvalue weighted by Crippen LogP contribution is -2.37. The smallest absolute Gasteiger partial charge is 0.329 e. The van der Waals surface area contributed by atoms with E-state index in [9.17, 15) is 9.59 Å². The van der Waals surface area contributed by atoms with Gasteiger partial charge in [-0.05, 0) is 53.6 Å². The second-order valence-corrected chi connectivity index (χ2v) is 8.41. The fourth-order valence-corrected chi connectivity index (χ4v) is 3.25. The Morgan fingerprint density at radius 3 is 2.24 bits per heavy atom. The third kappa shape index (κ3) is 7.65. The van der Waals surface area contributed by atoms with Gasteiger partial charge in [-0.3, -0.25) is 9.59 Å². The van der Waals surface area contributed by atoms with Gasteiger partial charge >= 0.3 is 11.8 Å². The molecule has 0 saturated heterocycles. The van der Waals surface area contributed by atoms with Crippen LogP contribution in [0.1, 0.15) is 16.7 Å². The molecule has 0 unspecified atom stereocenters. The van der Waals surface area contributed by atoms with E-state index in [0.717, 1.165) is 11.1 Å². The first-order valence-electron chi connectivity index (χ1n) is 9.54. The van der Waals surface area contributed by atoms with Crippen LogP contribution in [0.15, 0.2) is 65.8 Å². The van der Waals surface area contributed by atoms with Gasteiger partial charge in [0, 0.05) is 22.2 Å². The van der Waals surface area contributed by atoms with Crippen molar-refractivity contribution in [2.24, 2.45) is 5.10 Å². The van der Waals surface area contributed by atoms with E-state index in [4.69, 9.17) is 51.1 Å². The minimum Gasteiger partial charge on any atom is -0.488 e. The summed E-state index contributed by atoms with van der Waals surface area (Å²) in [6.45, 7) is 0.396. The molecule has 0 aliphatic heterocycles. The molecule has 3 aromatic rings. The van der Waals surface area contributed by atoms with E-state index in [1.807, 2.05) is 0 Å². The first-order valence-corrected chi connectivity index (χ1v) is 11.0. The summed E-state index contributed by atoms with van der Waals surface area (Å²) in [4.78, 5) is 24.0. The molecule has 10 heteroatoms. The third-order valence-electron chi connectivity index (χ3n) is 4.29. The van der Waals surface area contributed by atoms with E-state index in [-0.39, 0.29) is 13.2 Å². The van der Waals surface area contributed by atoms with Crippen LogP contribution < -0.4 is 15.5 Å². The average molecular weight is 525 g/mol. The average Bonchev–Trinajstić information content (AvgIpc) is 2.80. The van der Waals surface area contributed by atoms with Crippen LogP contribution >= 0.6 is 46.4 Å². The van der Waals surface area contributed by atoms with Gasteiger partial charge in [-0.1, -0.05) is 64.6 Å². The lowest BCUT2D eigenvalue weighted by atomic mass is 10.2. The molecular weight excluding hydrogens is 508 g/mol. The Morgan fingerprint density at radius 1 is 0.818 bits per heavy atom. The second kappa shape index (κ2) is 11.9. The second-order valence-electron chi connectivity index (χ2n) is 6.73. The molecule has 0 fully saturated rings. The molecule has 3 aromatic carbocycles. The molecule has 0 spiro atoms. The summed E-state index contributed by atoms with van der Waals surface area (Å²) in [5.74, 6) is -1.28. The van der Waals surface area contributed by atoms with Crippen molar-refractivity contribution in [3.05, 3.63) is 97.4 Å². The minimum absolute atomic E-state index is 0.175. The molecule has 0 bridgehead atoms. The number of ether oxygens (including phenoxy) is 1. The molecule has 2 amide bonds. The Kier molecular flexibility index (Phi) is 8.97. The van der Waals surface area contributed by atoms with Gasteiger partial charge in [-0.2, -0.15) is 5.10 Å². The number of hydrogen-bond donors (Lipinski definition) is 2. The number of hydrogen-bond acceptors (Lipinski definition) is 4. The summed E-state index contributed by atoms with van der Waals surface area (Å²) >= 11 is 23.8. The summed E-state index contributed by atoms with van der Waals surface area (Å²) in [5.41, 5.74) is 4.29. The fourth-order valence-electron chi connectivity index (χ4n) is 2.62. The summed E-state index contributed by atoms with van der Waals surface area (Å²) in [6.07, 6.45) is 1.33. The van der Waals surface area contributed by atoms with Crippen molar-refractivity contribution in [2.75, 3.05) is 0 Å². The molecule has 2 N–H and O–H groups in total. The van der Waals surface area contributed by atoms with E-state index < -0.39 is 11.8 Å². The number of halogens is 4. The number of hydrazone groups is 1. The molecule has 0 saturated carbocycles. The molecule has 3 rings (SSSR count). The zero-order valence-electron chi connectivity index (χ0n) is 16.9. The Morgan fingerprint density at radius 2 is 1.52 bits per heavy atom. The molecule has 6 nitrogen and oxygen atoms in total. The summed E-state index contributed by atoms with van der Waals surface area (Å²) in [5, 5.41) is 8.24. The van der Waals surface area contributed by atoms with Crippen molar-refractivity contribution in [1.82, 2.24) is 10.7 Å². The van der Waals surface area contributed by atoms with Crippen LogP contribution in [-0.2, 0) is 22.7 Å². The van der Waals surface area contributed by atoms with Crippen molar-refractivity contribution in [2.45, 2.75) is 13.2 Å². The SMILES string of the molecule is O=C(NCc1ccc(Cl)cc1)C(=O)N/N=C\c1cc(Cl)ccc1OCc1ccc(Cl)c(Cl)c1. The summed E-state index contributed by atoms with van der Waals surface area (Å²) < 4.78 is 5.82. The number of benzene rings is 3. The highest BCUT2D eigenvalue weighted by molar-refractivity contribution is 6.42. The van der Waals surface area contributed by atoms with Crippen LogP contribution in [0.5, 0.6) is 5.75 Å². The molecule has 170 valence electrons. The minimum atomic E-state index is -0.916. The van der Waals surface area contributed by atoms with Gasteiger partial charge in [0.1, 0.15) is 12.4 Å². The Bertz CT molecular complexity index is 1180. The quantitative estimate of drug-likeness (QED) is 0.238. The molecular formula is C23H17Cl4N3O3. The van der Waals surface area contributed by atoms with E-state index in [2.05, 4.69) is 15.8 Å². The predicted octanol–water partition coefficient (Wildman–Crippen LogP) is 5.65. The van der Waals surface area contributed by atoms with Gasteiger partial charge in [0.15, 0.2) is 0 Å². The Labute approximate surface area is 210 Å². The zero-order valence-corrected chi connectivity index (χ0v) is 20.0. The topological polar surface area (TPSA) is 79.8 Å².